The summed E-state index contributed by atoms with van der Waals surface area (Å²) >= 11 is 0. The van der Waals surface area contributed by atoms with Crippen LogP contribution in [0.25, 0.3) is 0 Å². The summed E-state index contributed by atoms with van der Waals surface area (Å²) in [6.45, 7) is 7.59. The molecule has 1 unspecified atom stereocenters. The van der Waals surface area contributed by atoms with E-state index in [1.807, 2.05) is 0 Å². The molecule has 5 nitrogen and oxygen atoms in total. The average Bonchev–Trinajstić information content (AvgIpc) is 2.55. The quantitative estimate of drug-likeness (QED) is 0.738. The molecule has 0 spiro atoms. The summed E-state index contributed by atoms with van der Waals surface area (Å²) < 4.78 is 5.45. The fraction of sp³-hybridized carbons (Fsp3) is 0.941. The Labute approximate surface area is 159 Å². The first-order valence-corrected chi connectivity index (χ1v) is 9.03. The van der Waals surface area contributed by atoms with Crippen LogP contribution in [-0.2, 0) is 9.53 Å². The lowest BCUT2D eigenvalue weighted by molar-refractivity contribution is -0.131. The predicted octanol–water partition coefficient (Wildman–Crippen LogP) is 2.35. The molecule has 1 aliphatic carbocycles. The Morgan fingerprint density at radius 1 is 1.12 bits per heavy atom. The highest BCUT2D eigenvalue weighted by atomic mass is 35.5. The van der Waals surface area contributed by atoms with Crippen molar-refractivity contribution in [3.8, 4) is 0 Å². The van der Waals surface area contributed by atoms with Gasteiger partial charge in [0.15, 0.2) is 0 Å². The minimum Gasteiger partial charge on any atom is -0.379 e. The molecule has 2 fully saturated rings. The van der Waals surface area contributed by atoms with Crippen LogP contribution in [0.3, 0.4) is 0 Å². The van der Waals surface area contributed by atoms with Gasteiger partial charge in [-0.15, -0.1) is 24.8 Å². The van der Waals surface area contributed by atoms with Crippen LogP contribution < -0.4 is 11.1 Å². The number of carbonyl (C=O) groups is 1. The van der Waals surface area contributed by atoms with Crippen LogP contribution in [0.4, 0.5) is 0 Å². The van der Waals surface area contributed by atoms with Gasteiger partial charge in [-0.2, -0.15) is 0 Å². The second kappa shape index (κ2) is 12.3. The van der Waals surface area contributed by atoms with Crippen LogP contribution in [0.15, 0.2) is 0 Å². The van der Waals surface area contributed by atoms with E-state index < -0.39 is 0 Å². The van der Waals surface area contributed by atoms with Crippen molar-refractivity contribution in [1.82, 2.24) is 10.2 Å². The molecule has 1 saturated heterocycles. The Balaban J connectivity index is 0.00000264. The van der Waals surface area contributed by atoms with Crippen molar-refractivity contribution in [2.75, 3.05) is 26.3 Å². The molecule has 1 saturated carbocycles. The van der Waals surface area contributed by atoms with E-state index in [1.165, 1.54) is 0 Å². The number of halogens is 2. The van der Waals surface area contributed by atoms with Gasteiger partial charge in [-0.1, -0.05) is 26.7 Å². The molecule has 0 aromatic carbocycles. The largest absolute Gasteiger partial charge is 0.379 e. The molecule has 2 rings (SSSR count). The van der Waals surface area contributed by atoms with Gasteiger partial charge in [0.05, 0.1) is 19.3 Å². The second-order valence-corrected chi connectivity index (χ2v) is 6.79. The van der Waals surface area contributed by atoms with Crippen molar-refractivity contribution in [1.29, 1.82) is 0 Å². The Bertz CT molecular complexity index is 343. The van der Waals surface area contributed by atoms with Crippen LogP contribution in [0.2, 0.25) is 0 Å². The topological polar surface area (TPSA) is 67.6 Å². The predicted molar refractivity (Wildman–Crippen MR) is 103 cm³/mol. The molecule has 1 atom stereocenters. The summed E-state index contributed by atoms with van der Waals surface area (Å²) in [5.74, 6) is 0.639. The summed E-state index contributed by atoms with van der Waals surface area (Å²) in [4.78, 5) is 15.3. The Kier molecular flexibility index (Phi) is 12.3. The van der Waals surface area contributed by atoms with E-state index in [2.05, 4.69) is 24.1 Å². The SMILES string of the molecule is CCC(CC)C(C(=O)NC1CCC(N)CC1)N1CCOCC1.Cl.Cl. The van der Waals surface area contributed by atoms with Crippen LogP contribution in [0.1, 0.15) is 52.4 Å². The van der Waals surface area contributed by atoms with Crippen molar-refractivity contribution in [2.45, 2.75) is 70.5 Å². The highest BCUT2D eigenvalue weighted by molar-refractivity contribution is 5.85. The number of nitrogens with one attached hydrogen (secondary N) is 1. The highest BCUT2D eigenvalue weighted by Gasteiger charge is 2.34. The first kappa shape index (κ1) is 23.9. The maximum atomic E-state index is 12.9. The van der Waals surface area contributed by atoms with Gasteiger partial charge in [-0.3, -0.25) is 9.69 Å². The number of hydrogen-bond acceptors (Lipinski definition) is 4. The van der Waals surface area contributed by atoms with Gasteiger partial charge < -0.3 is 15.8 Å². The average molecular weight is 384 g/mol. The molecule has 24 heavy (non-hydrogen) atoms. The summed E-state index contributed by atoms with van der Waals surface area (Å²) in [6.07, 6.45) is 6.18. The molecule has 3 N–H and O–H groups in total. The normalized spacial score (nSPS) is 26.2. The van der Waals surface area contributed by atoms with E-state index in [0.717, 1.165) is 64.8 Å². The molecule has 144 valence electrons. The standard InChI is InChI=1S/C17H33N3O2.2ClH/c1-3-13(4-2)16(20-9-11-22-12-10-20)17(21)19-15-7-5-14(18)6-8-15;;/h13-16H,3-12,18H2,1-2H3,(H,19,21);2*1H. The molecular formula is C17H35Cl2N3O2. The molecule has 0 radical (unpaired) electrons. The minimum atomic E-state index is -0.00509. The smallest absolute Gasteiger partial charge is 0.237 e. The third-order valence-corrected chi connectivity index (χ3v) is 5.32. The molecular weight excluding hydrogens is 349 g/mol. The van der Waals surface area contributed by atoms with E-state index in [-0.39, 0.29) is 36.8 Å². The Morgan fingerprint density at radius 2 is 1.67 bits per heavy atom. The van der Waals surface area contributed by atoms with Gasteiger partial charge in [0, 0.05) is 25.2 Å². The first-order chi connectivity index (χ1) is 10.7. The van der Waals surface area contributed by atoms with Crippen LogP contribution in [0, 0.1) is 5.92 Å². The van der Waals surface area contributed by atoms with Crippen molar-refractivity contribution in [3.63, 3.8) is 0 Å². The van der Waals surface area contributed by atoms with E-state index in [0.29, 0.717) is 18.0 Å². The third-order valence-electron chi connectivity index (χ3n) is 5.32. The molecule has 2 aliphatic rings. The van der Waals surface area contributed by atoms with Gasteiger partial charge in [-0.25, -0.2) is 0 Å². The molecule has 0 aromatic rings. The monoisotopic (exact) mass is 383 g/mol. The van der Waals surface area contributed by atoms with Crippen molar-refractivity contribution in [2.24, 2.45) is 11.7 Å². The van der Waals surface area contributed by atoms with Gasteiger partial charge in [0.1, 0.15) is 0 Å². The van der Waals surface area contributed by atoms with E-state index in [1.54, 1.807) is 0 Å². The maximum Gasteiger partial charge on any atom is 0.237 e. The number of hydrogen-bond donors (Lipinski definition) is 2. The van der Waals surface area contributed by atoms with Gasteiger partial charge in [0.25, 0.3) is 0 Å². The van der Waals surface area contributed by atoms with E-state index in [4.69, 9.17) is 10.5 Å². The van der Waals surface area contributed by atoms with E-state index >= 15 is 0 Å². The van der Waals surface area contributed by atoms with Gasteiger partial charge in [0.2, 0.25) is 5.91 Å². The molecule has 0 bridgehead atoms. The minimum absolute atomic E-state index is 0. The number of carbonyl (C=O) groups excluding carboxylic acids is 1. The van der Waals surface area contributed by atoms with Crippen LogP contribution in [-0.4, -0.2) is 55.2 Å². The van der Waals surface area contributed by atoms with Crippen molar-refractivity contribution in [3.05, 3.63) is 0 Å². The lowest BCUT2D eigenvalue weighted by Crippen LogP contribution is -2.56. The Morgan fingerprint density at radius 3 is 2.17 bits per heavy atom. The zero-order valence-electron chi connectivity index (χ0n) is 15.0. The van der Waals surface area contributed by atoms with Crippen LogP contribution in [0.5, 0.6) is 0 Å². The number of nitrogens with two attached hydrogens (primary N) is 1. The lowest BCUT2D eigenvalue weighted by Gasteiger charge is -2.39. The Hall–Kier alpha value is -0.0700. The fourth-order valence-corrected chi connectivity index (χ4v) is 3.82. The highest BCUT2D eigenvalue weighted by Crippen LogP contribution is 2.22. The number of nitrogens with zero attached hydrogens (tertiary/aromatic N) is 1. The molecule has 1 amide bonds. The lowest BCUT2D eigenvalue weighted by atomic mass is 9.89. The second-order valence-electron chi connectivity index (χ2n) is 6.79. The molecule has 7 heteroatoms. The number of morpholine rings is 1. The summed E-state index contributed by atoms with van der Waals surface area (Å²) in [5.41, 5.74) is 5.96. The van der Waals surface area contributed by atoms with Crippen molar-refractivity contribution < 1.29 is 9.53 Å². The zero-order chi connectivity index (χ0) is 15.9. The van der Waals surface area contributed by atoms with Crippen molar-refractivity contribution >= 4 is 30.7 Å². The zero-order valence-corrected chi connectivity index (χ0v) is 16.7. The first-order valence-electron chi connectivity index (χ1n) is 9.03. The fourth-order valence-electron chi connectivity index (χ4n) is 3.82. The number of ether oxygens (including phenoxy) is 1. The van der Waals surface area contributed by atoms with E-state index in [9.17, 15) is 4.79 Å². The maximum absolute atomic E-state index is 12.9. The van der Waals surface area contributed by atoms with Crippen LogP contribution >= 0.6 is 24.8 Å². The summed E-state index contributed by atoms with van der Waals surface area (Å²) in [5, 5.41) is 3.31. The van der Waals surface area contributed by atoms with Gasteiger partial charge >= 0.3 is 0 Å². The van der Waals surface area contributed by atoms with Gasteiger partial charge in [-0.05, 0) is 31.6 Å². The number of rotatable bonds is 6. The molecule has 1 heterocycles. The third kappa shape index (κ3) is 6.68. The molecule has 1 aliphatic heterocycles. The summed E-state index contributed by atoms with van der Waals surface area (Å²) in [6, 6.07) is 0.627. The number of amides is 1. The summed E-state index contributed by atoms with van der Waals surface area (Å²) in [7, 11) is 0. The molecule has 0 aromatic heterocycles.